The highest BCUT2D eigenvalue weighted by Gasteiger charge is 2.35. The van der Waals surface area contributed by atoms with Crippen LogP contribution < -0.4 is 15.9 Å². The first-order valence-electron chi connectivity index (χ1n) is 6.90. The molecule has 1 nitrogen and oxygen atoms in total. The van der Waals surface area contributed by atoms with Crippen molar-refractivity contribution in [2.75, 3.05) is 0 Å². The van der Waals surface area contributed by atoms with E-state index in [-0.39, 0.29) is 10.6 Å². The maximum absolute atomic E-state index is 14.3. The van der Waals surface area contributed by atoms with Crippen molar-refractivity contribution in [2.45, 2.75) is 0 Å². The van der Waals surface area contributed by atoms with Crippen LogP contribution in [0.25, 0.3) is 0 Å². The average Bonchev–Trinajstić information content (AvgIpc) is 2.55. The Labute approximate surface area is 131 Å². The van der Waals surface area contributed by atoms with E-state index in [2.05, 4.69) is 0 Å². The van der Waals surface area contributed by atoms with Gasteiger partial charge in [0.25, 0.3) is 0 Å². The largest absolute Gasteiger partial charge is 0.308 e. The number of rotatable bonds is 3. The summed E-state index contributed by atoms with van der Waals surface area (Å²) in [4.78, 5) is 0. The summed E-state index contributed by atoms with van der Waals surface area (Å²) in [6.07, 6.45) is 0. The molecule has 0 atom stereocenters. The molecule has 0 spiro atoms. The fourth-order valence-corrected chi connectivity index (χ4v) is 5.25. The summed E-state index contributed by atoms with van der Waals surface area (Å²) < 4.78 is 55.7. The van der Waals surface area contributed by atoms with E-state index in [0.29, 0.717) is 12.1 Å². The number of benzene rings is 3. The minimum absolute atomic E-state index is 0.288. The van der Waals surface area contributed by atoms with Gasteiger partial charge in [0.1, 0.15) is 17.5 Å². The molecule has 0 saturated carbocycles. The molecule has 0 N–H and O–H groups in total. The van der Waals surface area contributed by atoms with Crippen LogP contribution in [0.15, 0.2) is 72.8 Å². The molecule has 0 amide bonds. The highest BCUT2D eigenvalue weighted by atomic mass is 31.2. The van der Waals surface area contributed by atoms with Crippen LogP contribution >= 0.6 is 7.14 Å². The van der Waals surface area contributed by atoms with Crippen LogP contribution in [-0.4, -0.2) is 0 Å². The van der Waals surface area contributed by atoms with Crippen molar-refractivity contribution in [3.05, 3.63) is 90.2 Å². The molecule has 0 fully saturated rings. The zero-order valence-electron chi connectivity index (χ0n) is 11.9. The molecule has 0 aliphatic rings. The summed E-state index contributed by atoms with van der Waals surface area (Å²) in [5, 5.41) is -0.0254. The van der Waals surface area contributed by atoms with Gasteiger partial charge in [-0.2, -0.15) is 0 Å². The van der Waals surface area contributed by atoms with Crippen LogP contribution in [0.2, 0.25) is 0 Å². The first-order chi connectivity index (χ1) is 11.0. The lowest BCUT2D eigenvalue weighted by atomic mass is 10.3. The van der Waals surface area contributed by atoms with Gasteiger partial charge in [-0.25, -0.2) is 13.2 Å². The SMILES string of the molecule is O=P(c1ccccc1)(c1ccccc1)c1c(F)cc(F)cc1F. The first kappa shape index (κ1) is 15.6. The topological polar surface area (TPSA) is 17.1 Å². The molecule has 0 radical (unpaired) electrons. The third-order valence-electron chi connectivity index (χ3n) is 3.54. The summed E-state index contributed by atoms with van der Waals surface area (Å²) in [5.41, 5.74) is 0. The molecule has 0 heterocycles. The molecule has 0 aromatic heterocycles. The van der Waals surface area contributed by atoms with Gasteiger partial charge in [-0.05, 0) is 0 Å². The average molecular weight is 332 g/mol. The lowest BCUT2D eigenvalue weighted by Crippen LogP contribution is -2.29. The Balaban J connectivity index is 2.38. The quantitative estimate of drug-likeness (QED) is 0.668. The predicted molar refractivity (Wildman–Crippen MR) is 85.7 cm³/mol. The molecule has 3 aromatic carbocycles. The zero-order valence-corrected chi connectivity index (χ0v) is 12.8. The summed E-state index contributed by atoms with van der Waals surface area (Å²) in [5.74, 6) is -3.35. The Kier molecular flexibility index (Phi) is 4.10. The van der Waals surface area contributed by atoms with E-state index < -0.39 is 29.9 Å². The van der Waals surface area contributed by atoms with E-state index in [1.807, 2.05) is 0 Å². The van der Waals surface area contributed by atoms with Gasteiger partial charge in [0.15, 0.2) is 7.14 Å². The van der Waals surface area contributed by atoms with Gasteiger partial charge >= 0.3 is 0 Å². The summed E-state index contributed by atoms with van der Waals surface area (Å²) >= 11 is 0. The second-order valence-corrected chi connectivity index (χ2v) is 7.70. The van der Waals surface area contributed by atoms with Gasteiger partial charge in [0.2, 0.25) is 0 Å². The molecule has 0 aliphatic heterocycles. The van der Waals surface area contributed by atoms with Gasteiger partial charge in [-0.1, -0.05) is 60.7 Å². The molecule has 116 valence electrons. The maximum atomic E-state index is 14.3. The number of hydrogen-bond donors (Lipinski definition) is 0. The Morgan fingerprint density at radius 1 is 0.652 bits per heavy atom. The van der Waals surface area contributed by atoms with Crippen molar-refractivity contribution < 1.29 is 17.7 Å². The van der Waals surface area contributed by atoms with Crippen LogP contribution in [0.4, 0.5) is 13.2 Å². The zero-order chi connectivity index (χ0) is 16.4. The van der Waals surface area contributed by atoms with Crippen LogP contribution in [0.1, 0.15) is 0 Å². The Morgan fingerprint density at radius 3 is 1.43 bits per heavy atom. The highest BCUT2D eigenvalue weighted by Crippen LogP contribution is 2.43. The summed E-state index contributed by atoms with van der Waals surface area (Å²) in [6.45, 7) is 0. The minimum Gasteiger partial charge on any atom is -0.308 e. The molecule has 5 heteroatoms. The third kappa shape index (κ3) is 2.71. The van der Waals surface area contributed by atoms with E-state index in [0.717, 1.165) is 0 Å². The lowest BCUT2D eigenvalue weighted by Gasteiger charge is -2.21. The standard InChI is InChI=1S/C18H12F3OP/c19-13-11-16(20)18(17(21)12-13)23(22,14-7-3-1-4-8-14)15-9-5-2-6-10-15/h1-12H. The van der Waals surface area contributed by atoms with Gasteiger partial charge in [0.05, 0.1) is 5.30 Å². The van der Waals surface area contributed by atoms with Gasteiger partial charge in [0, 0.05) is 22.7 Å². The second-order valence-electron chi connectivity index (χ2n) is 5.00. The van der Waals surface area contributed by atoms with E-state index in [1.54, 1.807) is 60.7 Å². The summed E-state index contributed by atoms with van der Waals surface area (Å²) in [6, 6.07) is 17.3. The van der Waals surface area contributed by atoms with E-state index >= 15 is 0 Å². The fourth-order valence-electron chi connectivity index (χ4n) is 2.52. The molecule has 3 aromatic rings. The number of halogens is 3. The molecule has 23 heavy (non-hydrogen) atoms. The second kappa shape index (κ2) is 6.05. The monoisotopic (exact) mass is 332 g/mol. The van der Waals surface area contributed by atoms with E-state index in [1.165, 1.54) is 0 Å². The fraction of sp³-hybridized carbons (Fsp3) is 0. The maximum Gasteiger partial charge on any atom is 0.176 e. The minimum atomic E-state index is -3.79. The molecule has 0 unspecified atom stereocenters. The van der Waals surface area contributed by atoms with Crippen molar-refractivity contribution in [3.63, 3.8) is 0 Å². The van der Waals surface area contributed by atoms with Gasteiger partial charge in [-0.15, -0.1) is 0 Å². The normalized spacial score (nSPS) is 11.4. The lowest BCUT2D eigenvalue weighted by molar-refractivity contribution is 0.549. The van der Waals surface area contributed by atoms with Gasteiger partial charge < -0.3 is 4.57 Å². The first-order valence-corrected chi connectivity index (χ1v) is 8.60. The Hall–Kier alpha value is -2.32. The van der Waals surface area contributed by atoms with Crippen LogP contribution in [0, 0.1) is 17.5 Å². The molecule has 0 saturated heterocycles. The Bertz CT molecular complexity index is 813. The smallest absolute Gasteiger partial charge is 0.176 e. The number of hydrogen-bond acceptors (Lipinski definition) is 1. The van der Waals surface area contributed by atoms with Crippen LogP contribution in [0.3, 0.4) is 0 Å². The Morgan fingerprint density at radius 2 is 1.04 bits per heavy atom. The van der Waals surface area contributed by atoms with E-state index in [4.69, 9.17) is 0 Å². The van der Waals surface area contributed by atoms with Crippen LogP contribution in [0.5, 0.6) is 0 Å². The highest BCUT2D eigenvalue weighted by molar-refractivity contribution is 7.85. The summed E-state index contributed by atoms with van der Waals surface area (Å²) in [7, 11) is -3.79. The van der Waals surface area contributed by atoms with Crippen molar-refractivity contribution in [1.29, 1.82) is 0 Å². The molecule has 0 bridgehead atoms. The third-order valence-corrected chi connectivity index (χ3v) is 6.64. The van der Waals surface area contributed by atoms with Crippen molar-refractivity contribution >= 4 is 23.1 Å². The van der Waals surface area contributed by atoms with E-state index in [9.17, 15) is 17.7 Å². The van der Waals surface area contributed by atoms with Crippen LogP contribution in [-0.2, 0) is 4.57 Å². The molecular formula is C18H12F3OP. The van der Waals surface area contributed by atoms with Crippen molar-refractivity contribution in [2.24, 2.45) is 0 Å². The molecule has 0 aliphatic carbocycles. The van der Waals surface area contributed by atoms with Gasteiger partial charge in [-0.3, -0.25) is 0 Å². The van der Waals surface area contributed by atoms with Crippen molar-refractivity contribution in [3.8, 4) is 0 Å². The van der Waals surface area contributed by atoms with Crippen molar-refractivity contribution in [1.82, 2.24) is 0 Å². The molecular weight excluding hydrogens is 320 g/mol. The molecule has 3 rings (SSSR count). The predicted octanol–water partition coefficient (Wildman–Crippen LogP) is 3.74.